The number of nitrogens with zero attached hydrogens (tertiary/aromatic N) is 2. The molecule has 0 aliphatic carbocycles. The normalized spacial score (nSPS) is 17.3. The van der Waals surface area contributed by atoms with Crippen molar-refractivity contribution in [2.75, 3.05) is 26.7 Å². The first-order chi connectivity index (χ1) is 9.81. The van der Waals surface area contributed by atoms with Gasteiger partial charge in [0.2, 0.25) is 0 Å². The molecule has 1 saturated heterocycles. The molecule has 6 heteroatoms. The van der Waals surface area contributed by atoms with Gasteiger partial charge in [-0.1, -0.05) is 6.92 Å². The second kappa shape index (κ2) is 10.0. The number of furan rings is 1. The number of hydrogen-bond donors (Lipinski definition) is 2. The van der Waals surface area contributed by atoms with Gasteiger partial charge in [-0.2, -0.15) is 0 Å². The molecule has 0 atom stereocenters. The Morgan fingerprint density at radius 3 is 2.76 bits per heavy atom. The van der Waals surface area contributed by atoms with E-state index >= 15 is 0 Å². The Balaban J connectivity index is 0.00000220. The third-order valence-electron chi connectivity index (χ3n) is 3.70. The lowest BCUT2D eigenvalue weighted by atomic mass is 10.1. The lowest BCUT2D eigenvalue weighted by Gasteiger charge is -2.32. The SMILES string of the molecule is CCCN1CCC(NC(=NC)NCc2ccco2)CC1.I. The number of likely N-dealkylation sites (tertiary alicyclic amines) is 1. The molecule has 120 valence electrons. The van der Waals surface area contributed by atoms with E-state index in [-0.39, 0.29) is 24.0 Å². The number of aliphatic imine (C=N–C) groups is 1. The van der Waals surface area contributed by atoms with Crippen LogP contribution in [0.4, 0.5) is 0 Å². The Hall–Kier alpha value is -0.760. The van der Waals surface area contributed by atoms with Crippen molar-refractivity contribution in [1.82, 2.24) is 15.5 Å². The van der Waals surface area contributed by atoms with Crippen LogP contribution in [-0.4, -0.2) is 43.6 Å². The highest BCUT2D eigenvalue weighted by Gasteiger charge is 2.19. The van der Waals surface area contributed by atoms with Crippen molar-refractivity contribution in [2.24, 2.45) is 4.99 Å². The number of nitrogens with one attached hydrogen (secondary N) is 2. The molecule has 5 nitrogen and oxygen atoms in total. The van der Waals surface area contributed by atoms with Gasteiger partial charge in [0.15, 0.2) is 5.96 Å². The van der Waals surface area contributed by atoms with Crippen LogP contribution in [-0.2, 0) is 6.54 Å². The van der Waals surface area contributed by atoms with Crippen LogP contribution >= 0.6 is 24.0 Å². The molecule has 0 unspecified atom stereocenters. The van der Waals surface area contributed by atoms with E-state index in [0.717, 1.165) is 11.7 Å². The molecule has 2 N–H and O–H groups in total. The molecule has 1 aromatic rings. The summed E-state index contributed by atoms with van der Waals surface area (Å²) in [7, 11) is 1.81. The monoisotopic (exact) mass is 406 g/mol. The highest BCUT2D eigenvalue weighted by molar-refractivity contribution is 14.0. The Kier molecular flexibility index (Phi) is 8.75. The molecule has 0 radical (unpaired) electrons. The maximum absolute atomic E-state index is 5.31. The molecule has 2 heterocycles. The largest absolute Gasteiger partial charge is 0.467 e. The van der Waals surface area contributed by atoms with Gasteiger partial charge in [0.1, 0.15) is 5.76 Å². The van der Waals surface area contributed by atoms with E-state index in [9.17, 15) is 0 Å². The first-order valence-corrected chi connectivity index (χ1v) is 7.53. The smallest absolute Gasteiger partial charge is 0.191 e. The van der Waals surface area contributed by atoms with Gasteiger partial charge in [0.05, 0.1) is 12.8 Å². The molecule has 0 bridgehead atoms. The predicted molar refractivity (Wildman–Crippen MR) is 97.2 cm³/mol. The zero-order valence-electron chi connectivity index (χ0n) is 13.0. The van der Waals surface area contributed by atoms with Crippen LogP contribution in [0.2, 0.25) is 0 Å². The Bertz CT molecular complexity index is 400. The summed E-state index contributed by atoms with van der Waals surface area (Å²) >= 11 is 0. The van der Waals surface area contributed by atoms with Crippen LogP contribution in [0, 0.1) is 0 Å². The summed E-state index contributed by atoms with van der Waals surface area (Å²) in [4.78, 5) is 6.82. The Morgan fingerprint density at radius 2 is 2.19 bits per heavy atom. The van der Waals surface area contributed by atoms with Crippen molar-refractivity contribution in [3.63, 3.8) is 0 Å². The number of guanidine groups is 1. The molecule has 1 aromatic heterocycles. The standard InChI is InChI=1S/C15H26N4O.HI/c1-3-8-19-9-6-13(7-10-19)18-15(16-2)17-12-14-5-4-11-20-14;/h4-5,11,13H,3,6-10,12H2,1-2H3,(H2,16,17,18);1H. The fourth-order valence-electron chi connectivity index (χ4n) is 2.59. The summed E-state index contributed by atoms with van der Waals surface area (Å²) in [5, 5.41) is 6.79. The van der Waals surface area contributed by atoms with Crippen LogP contribution in [0.1, 0.15) is 31.9 Å². The predicted octanol–water partition coefficient (Wildman–Crippen LogP) is 2.44. The van der Waals surface area contributed by atoms with Crippen LogP contribution in [0.5, 0.6) is 0 Å². The fourth-order valence-corrected chi connectivity index (χ4v) is 2.59. The number of hydrogen-bond acceptors (Lipinski definition) is 3. The summed E-state index contributed by atoms with van der Waals surface area (Å²) in [6.45, 7) is 6.49. The van der Waals surface area contributed by atoms with E-state index < -0.39 is 0 Å². The first-order valence-electron chi connectivity index (χ1n) is 7.53. The van der Waals surface area contributed by atoms with Gasteiger partial charge >= 0.3 is 0 Å². The van der Waals surface area contributed by atoms with E-state index in [1.54, 1.807) is 6.26 Å². The van der Waals surface area contributed by atoms with Crippen LogP contribution in [0.3, 0.4) is 0 Å². The summed E-state index contributed by atoms with van der Waals surface area (Å²) < 4.78 is 5.31. The van der Waals surface area contributed by atoms with E-state index in [4.69, 9.17) is 4.42 Å². The van der Waals surface area contributed by atoms with E-state index in [2.05, 4.69) is 27.4 Å². The van der Waals surface area contributed by atoms with Crippen molar-refractivity contribution in [3.8, 4) is 0 Å². The van der Waals surface area contributed by atoms with Crippen LogP contribution in [0.25, 0.3) is 0 Å². The average molecular weight is 406 g/mol. The second-order valence-electron chi connectivity index (χ2n) is 5.27. The van der Waals surface area contributed by atoms with Crippen molar-refractivity contribution >= 4 is 29.9 Å². The number of halogens is 1. The molecule has 1 aliphatic rings. The topological polar surface area (TPSA) is 52.8 Å². The third-order valence-corrected chi connectivity index (χ3v) is 3.70. The van der Waals surface area contributed by atoms with E-state index in [1.807, 2.05) is 19.2 Å². The zero-order chi connectivity index (χ0) is 14.2. The van der Waals surface area contributed by atoms with Crippen molar-refractivity contribution in [2.45, 2.75) is 38.8 Å². The molecule has 21 heavy (non-hydrogen) atoms. The molecular formula is C15H27IN4O. The summed E-state index contributed by atoms with van der Waals surface area (Å²) in [5.41, 5.74) is 0. The minimum atomic E-state index is 0. The highest BCUT2D eigenvalue weighted by Crippen LogP contribution is 2.10. The van der Waals surface area contributed by atoms with Crippen molar-refractivity contribution in [3.05, 3.63) is 24.2 Å². The molecule has 0 amide bonds. The summed E-state index contributed by atoms with van der Waals surface area (Å²) in [6.07, 6.45) is 5.30. The van der Waals surface area contributed by atoms with Gasteiger partial charge in [-0.3, -0.25) is 4.99 Å². The molecule has 0 aromatic carbocycles. The average Bonchev–Trinajstić information content (AvgIpc) is 2.99. The molecule has 1 aliphatic heterocycles. The maximum Gasteiger partial charge on any atom is 0.191 e. The zero-order valence-corrected chi connectivity index (χ0v) is 15.3. The molecule has 2 rings (SSSR count). The van der Waals surface area contributed by atoms with Gasteiger partial charge in [-0.05, 0) is 37.9 Å². The Morgan fingerprint density at radius 1 is 1.43 bits per heavy atom. The molecule has 0 saturated carbocycles. The first kappa shape index (κ1) is 18.3. The Labute approximate surface area is 144 Å². The van der Waals surface area contributed by atoms with Gasteiger partial charge in [0.25, 0.3) is 0 Å². The quantitative estimate of drug-likeness (QED) is 0.448. The second-order valence-corrected chi connectivity index (χ2v) is 5.27. The van der Waals surface area contributed by atoms with Crippen LogP contribution in [0.15, 0.2) is 27.8 Å². The minimum absolute atomic E-state index is 0. The molecule has 0 spiro atoms. The van der Waals surface area contributed by atoms with Crippen molar-refractivity contribution in [1.29, 1.82) is 0 Å². The van der Waals surface area contributed by atoms with E-state index in [1.165, 1.54) is 38.9 Å². The lowest BCUT2D eigenvalue weighted by molar-refractivity contribution is 0.206. The van der Waals surface area contributed by atoms with Crippen LogP contribution < -0.4 is 10.6 Å². The number of piperidine rings is 1. The van der Waals surface area contributed by atoms with Gasteiger partial charge in [-0.25, -0.2) is 0 Å². The molecule has 1 fully saturated rings. The fraction of sp³-hybridized carbons (Fsp3) is 0.667. The maximum atomic E-state index is 5.31. The minimum Gasteiger partial charge on any atom is -0.467 e. The third kappa shape index (κ3) is 6.25. The lowest BCUT2D eigenvalue weighted by Crippen LogP contribution is -2.48. The van der Waals surface area contributed by atoms with E-state index in [0.29, 0.717) is 12.6 Å². The summed E-state index contributed by atoms with van der Waals surface area (Å²) in [6, 6.07) is 4.38. The van der Waals surface area contributed by atoms with Gasteiger partial charge in [-0.15, -0.1) is 24.0 Å². The highest BCUT2D eigenvalue weighted by atomic mass is 127. The van der Waals surface area contributed by atoms with Gasteiger partial charge in [0, 0.05) is 26.2 Å². The molecular weight excluding hydrogens is 379 g/mol. The van der Waals surface area contributed by atoms with Gasteiger partial charge < -0.3 is 20.0 Å². The van der Waals surface area contributed by atoms with Crippen molar-refractivity contribution < 1.29 is 4.42 Å². The number of rotatable bonds is 5. The summed E-state index contributed by atoms with van der Waals surface area (Å²) in [5.74, 6) is 1.78.